The van der Waals surface area contributed by atoms with E-state index in [4.69, 9.17) is 15.2 Å². The van der Waals surface area contributed by atoms with E-state index in [0.717, 1.165) is 0 Å². The molecule has 0 radical (unpaired) electrons. The van der Waals surface area contributed by atoms with Gasteiger partial charge in [-0.2, -0.15) is 5.26 Å². The Hall–Kier alpha value is -3.93. The lowest BCUT2D eigenvalue weighted by atomic mass is 9.75. The molecule has 0 saturated heterocycles. The number of hydrogen-bond donors (Lipinski definition) is 2. The summed E-state index contributed by atoms with van der Waals surface area (Å²) in [4.78, 5) is 31.4. The van der Waals surface area contributed by atoms with Crippen LogP contribution in [0.1, 0.15) is 30.7 Å². The summed E-state index contributed by atoms with van der Waals surface area (Å²) in [5.41, 5.74) is 8.71. The Kier molecular flexibility index (Phi) is 7.82. The number of ether oxygens (including phenoxy) is 2. The lowest BCUT2D eigenvalue weighted by Crippen LogP contribution is -2.38. The number of ketones is 1. The average Bonchev–Trinajstić information content (AvgIpc) is 3.63. The maximum Gasteiger partial charge on any atom is 0.236 e. The van der Waals surface area contributed by atoms with Gasteiger partial charge in [-0.25, -0.2) is 4.98 Å². The number of anilines is 2. The molecular weight excluding hydrogens is 559 g/mol. The molecule has 3 N–H and O–H groups in total. The molecule has 1 amide bonds. The Balaban J connectivity index is 1.49. The molecule has 1 atom stereocenters. The third kappa shape index (κ3) is 5.20. The predicted molar refractivity (Wildman–Crippen MR) is 149 cm³/mol. The van der Waals surface area contributed by atoms with Crippen LogP contribution in [0, 0.1) is 11.3 Å². The van der Waals surface area contributed by atoms with Gasteiger partial charge >= 0.3 is 0 Å². The highest BCUT2D eigenvalue weighted by molar-refractivity contribution is 8.01. The quantitative estimate of drug-likeness (QED) is 0.370. The molecule has 5 rings (SSSR count). The molecule has 0 saturated carbocycles. The highest BCUT2D eigenvalue weighted by Gasteiger charge is 2.42. The summed E-state index contributed by atoms with van der Waals surface area (Å²) < 4.78 is 11.5. The second kappa shape index (κ2) is 11.4. The molecule has 0 fully saturated rings. The summed E-state index contributed by atoms with van der Waals surface area (Å²) in [5, 5.41) is 24.2. The fraction of sp³-hybridized carbons (Fsp3) is 0.280. The first kappa shape index (κ1) is 26.7. The van der Waals surface area contributed by atoms with Crippen molar-refractivity contribution in [3.63, 3.8) is 0 Å². The summed E-state index contributed by atoms with van der Waals surface area (Å²) in [5.74, 6) is 0.428. The van der Waals surface area contributed by atoms with Crippen molar-refractivity contribution in [2.75, 3.05) is 30.2 Å². The number of nitrogens with zero attached hydrogens (tertiary/aromatic N) is 5. The van der Waals surface area contributed by atoms with Crippen LogP contribution in [0.2, 0.25) is 0 Å². The van der Waals surface area contributed by atoms with Gasteiger partial charge in [0.15, 0.2) is 15.3 Å². The minimum absolute atomic E-state index is 0.0534. The number of aromatic nitrogens is 3. The van der Waals surface area contributed by atoms with Gasteiger partial charge in [-0.1, -0.05) is 29.2 Å². The average molecular weight is 582 g/mol. The summed E-state index contributed by atoms with van der Waals surface area (Å²) in [7, 11) is 3.08. The van der Waals surface area contributed by atoms with E-state index in [1.54, 1.807) is 41.8 Å². The van der Waals surface area contributed by atoms with Gasteiger partial charge in [-0.15, -0.1) is 21.5 Å². The van der Waals surface area contributed by atoms with Crippen LogP contribution < -0.4 is 25.4 Å². The molecule has 0 bridgehead atoms. The summed E-state index contributed by atoms with van der Waals surface area (Å²) in [6.45, 7) is 0. The minimum atomic E-state index is -0.689. The number of benzene rings is 1. The van der Waals surface area contributed by atoms with Crippen molar-refractivity contribution in [2.24, 2.45) is 5.73 Å². The molecule has 3 heterocycles. The smallest absolute Gasteiger partial charge is 0.236 e. The third-order valence-corrected chi connectivity index (χ3v) is 8.99. The molecule has 11 nitrogen and oxygen atoms in total. The number of nitrogens with one attached hydrogen (secondary N) is 1. The molecule has 2 aromatic heterocycles. The van der Waals surface area contributed by atoms with Crippen LogP contribution in [-0.4, -0.2) is 46.8 Å². The van der Waals surface area contributed by atoms with E-state index < -0.39 is 5.92 Å². The number of rotatable bonds is 8. The lowest BCUT2D eigenvalue weighted by molar-refractivity contribution is -0.116. The maximum absolute atomic E-state index is 13.4. The van der Waals surface area contributed by atoms with Crippen molar-refractivity contribution in [1.82, 2.24) is 15.2 Å². The van der Waals surface area contributed by atoms with Gasteiger partial charge in [0.1, 0.15) is 17.3 Å². The second-order valence-electron chi connectivity index (χ2n) is 8.45. The van der Waals surface area contributed by atoms with E-state index in [0.29, 0.717) is 62.2 Å². The fourth-order valence-corrected chi connectivity index (χ4v) is 6.82. The number of carbonyl (C=O) groups excluding carboxylic acids is 2. The topological polar surface area (TPSA) is 156 Å². The van der Waals surface area contributed by atoms with Crippen molar-refractivity contribution < 1.29 is 19.1 Å². The van der Waals surface area contributed by atoms with E-state index in [9.17, 15) is 14.9 Å². The zero-order chi connectivity index (χ0) is 27.5. The van der Waals surface area contributed by atoms with Gasteiger partial charge in [0, 0.05) is 40.9 Å². The molecule has 2 aliphatic rings. The Labute approximate surface area is 236 Å². The van der Waals surface area contributed by atoms with Crippen LogP contribution in [0.15, 0.2) is 56.8 Å². The van der Waals surface area contributed by atoms with Gasteiger partial charge < -0.3 is 20.5 Å². The van der Waals surface area contributed by atoms with Gasteiger partial charge in [0.2, 0.25) is 11.0 Å². The van der Waals surface area contributed by atoms with Crippen molar-refractivity contribution >= 4 is 56.4 Å². The molecule has 1 unspecified atom stereocenters. The van der Waals surface area contributed by atoms with Crippen LogP contribution in [0.4, 0.5) is 10.3 Å². The molecule has 3 aromatic rings. The minimum Gasteiger partial charge on any atom is -0.497 e. The largest absolute Gasteiger partial charge is 0.497 e. The van der Waals surface area contributed by atoms with Gasteiger partial charge in [-0.3, -0.25) is 14.5 Å². The van der Waals surface area contributed by atoms with Crippen LogP contribution in [0.3, 0.4) is 0 Å². The first-order valence-electron chi connectivity index (χ1n) is 11.8. The Morgan fingerprint density at radius 2 is 2.15 bits per heavy atom. The zero-order valence-electron chi connectivity index (χ0n) is 21.0. The molecule has 0 spiro atoms. The highest BCUT2D eigenvalue weighted by Crippen LogP contribution is 2.49. The maximum atomic E-state index is 13.4. The summed E-state index contributed by atoms with van der Waals surface area (Å²) in [6, 6.07) is 7.52. The monoisotopic (exact) mass is 581 g/mol. The number of nitrogens with two attached hydrogens (primary N) is 1. The first-order valence-corrected chi connectivity index (χ1v) is 14.5. The number of carbonyl (C=O) groups is 2. The molecule has 1 aliphatic carbocycles. The number of thioether (sulfide) groups is 1. The standard InChI is InChI=1S/C25H23N7O4S3/c1-35-13-6-7-14(18(10-13)36-2)20-15(11-26)22(27)32(16-4-3-5-17(33)21(16)20)24-30-31-25(39-24)38-12-19(34)29-23-28-8-9-37-23/h6-10,20H,3-5,12,27H2,1-2H3,(H,28,29,34). The number of hydrogen-bond acceptors (Lipinski definition) is 13. The summed E-state index contributed by atoms with van der Waals surface area (Å²) >= 11 is 3.80. The van der Waals surface area contributed by atoms with Crippen LogP contribution in [0.5, 0.6) is 11.5 Å². The molecule has 39 heavy (non-hydrogen) atoms. The molecular formula is C25H23N7O4S3. The Morgan fingerprint density at radius 1 is 1.31 bits per heavy atom. The highest BCUT2D eigenvalue weighted by atomic mass is 32.2. The second-order valence-corrected chi connectivity index (χ2v) is 11.5. The number of thiazole rings is 1. The van der Waals surface area contributed by atoms with E-state index in [2.05, 4.69) is 26.6 Å². The third-order valence-electron chi connectivity index (χ3n) is 6.26. The Morgan fingerprint density at radius 3 is 2.87 bits per heavy atom. The number of nitriles is 1. The summed E-state index contributed by atoms with van der Waals surface area (Å²) in [6.07, 6.45) is 3.21. The van der Waals surface area contributed by atoms with Gasteiger partial charge in [0.25, 0.3) is 0 Å². The molecule has 200 valence electrons. The van der Waals surface area contributed by atoms with E-state index >= 15 is 0 Å². The fourth-order valence-electron chi connectivity index (χ4n) is 4.59. The number of amides is 1. The van der Waals surface area contributed by atoms with Crippen molar-refractivity contribution in [2.45, 2.75) is 29.5 Å². The van der Waals surface area contributed by atoms with Gasteiger partial charge in [-0.05, 0) is 18.9 Å². The first-order chi connectivity index (χ1) is 18.9. The Bertz CT molecular complexity index is 1520. The number of methoxy groups -OCH3 is 2. The number of allylic oxidation sites excluding steroid dienone is 3. The van der Waals surface area contributed by atoms with E-state index in [1.807, 2.05) is 0 Å². The normalized spacial score (nSPS) is 17.1. The molecule has 1 aliphatic heterocycles. The molecule has 14 heteroatoms. The van der Waals surface area contributed by atoms with Crippen LogP contribution >= 0.6 is 34.4 Å². The van der Waals surface area contributed by atoms with E-state index in [-0.39, 0.29) is 28.8 Å². The lowest BCUT2D eigenvalue weighted by Gasteiger charge is -2.38. The van der Waals surface area contributed by atoms with Crippen LogP contribution in [0.25, 0.3) is 0 Å². The van der Waals surface area contributed by atoms with Crippen molar-refractivity contribution in [3.8, 4) is 17.6 Å². The van der Waals surface area contributed by atoms with Crippen molar-refractivity contribution in [3.05, 3.63) is 58.0 Å². The zero-order valence-corrected chi connectivity index (χ0v) is 23.4. The van der Waals surface area contributed by atoms with Crippen molar-refractivity contribution in [1.29, 1.82) is 5.26 Å². The SMILES string of the molecule is COc1ccc(C2C(C#N)=C(N)N(c3nnc(SCC(=O)Nc4nccs4)s3)C3=C2C(=O)CCC3)c(OC)c1. The number of Topliss-reactive ketones (excluding diaryl/α,β-unsaturated/α-hetero) is 1. The predicted octanol–water partition coefficient (Wildman–Crippen LogP) is 4.05. The van der Waals surface area contributed by atoms with Gasteiger partial charge in [0.05, 0.1) is 37.5 Å². The van der Waals surface area contributed by atoms with E-state index in [1.165, 1.54) is 41.5 Å². The van der Waals surface area contributed by atoms with Crippen LogP contribution in [-0.2, 0) is 9.59 Å². The molecule has 1 aromatic carbocycles.